The van der Waals surface area contributed by atoms with Gasteiger partial charge in [-0.25, -0.2) is 4.79 Å². The SMILES string of the molecule is CC(C)(C)C1(O)C[C@@H]2OC(=O)C[C@]23C(=O)O[C@@H]2OC(=O)[C@H](O)C213. The summed E-state index contributed by atoms with van der Waals surface area (Å²) in [6, 6.07) is 0. The first-order chi connectivity index (χ1) is 10.5. The third kappa shape index (κ3) is 1.20. The lowest BCUT2D eigenvalue weighted by Crippen LogP contribution is -2.65. The van der Waals surface area contributed by atoms with Gasteiger partial charge in [0.1, 0.15) is 16.9 Å². The lowest BCUT2D eigenvalue weighted by Gasteiger charge is -2.49. The minimum absolute atomic E-state index is 0.0679. The van der Waals surface area contributed by atoms with E-state index in [1.807, 2.05) is 0 Å². The maximum absolute atomic E-state index is 12.6. The highest BCUT2D eigenvalue weighted by molar-refractivity contribution is 5.94. The lowest BCUT2D eigenvalue weighted by molar-refractivity contribution is -0.224. The Morgan fingerprint density at radius 3 is 2.39 bits per heavy atom. The van der Waals surface area contributed by atoms with Crippen LogP contribution in [0.5, 0.6) is 0 Å². The van der Waals surface area contributed by atoms with Crippen molar-refractivity contribution in [3.8, 4) is 0 Å². The van der Waals surface area contributed by atoms with Gasteiger partial charge in [-0.2, -0.15) is 0 Å². The summed E-state index contributed by atoms with van der Waals surface area (Å²) in [6.07, 6.45) is -4.58. The van der Waals surface area contributed by atoms with Gasteiger partial charge in [-0.1, -0.05) is 20.8 Å². The summed E-state index contributed by atoms with van der Waals surface area (Å²) in [6.45, 7) is 5.19. The molecule has 3 aliphatic heterocycles. The summed E-state index contributed by atoms with van der Waals surface area (Å²) in [7, 11) is 0. The Labute approximate surface area is 131 Å². The topological polar surface area (TPSA) is 119 Å². The smallest absolute Gasteiger partial charge is 0.339 e. The largest absolute Gasteiger partial charge is 0.461 e. The van der Waals surface area contributed by atoms with Crippen LogP contribution in [0.25, 0.3) is 0 Å². The molecule has 3 heterocycles. The van der Waals surface area contributed by atoms with Crippen molar-refractivity contribution in [2.45, 2.75) is 57.7 Å². The highest BCUT2D eigenvalue weighted by atomic mass is 16.7. The predicted molar refractivity (Wildman–Crippen MR) is 70.4 cm³/mol. The average Bonchev–Trinajstić information content (AvgIpc) is 3.00. The van der Waals surface area contributed by atoms with Gasteiger partial charge in [0.25, 0.3) is 6.29 Å². The molecule has 1 saturated carbocycles. The molecule has 0 bridgehead atoms. The number of carbonyl (C=O) groups excluding carboxylic acids is 3. The first-order valence-corrected chi connectivity index (χ1v) is 7.54. The fourth-order valence-electron chi connectivity index (χ4n) is 5.15. The molecule has 4 aliphatic rings. The second-order valence-corrected chi connectivity index (χ2v) is 7.89. The van der Waals surface area contributed by atoms with E-state index in [1.54, 1.807) is 20.8 Å². The van der Waals surface area contributed by atoms with E-state index in [0.29, 0.717) is 0 Å². The van der Waals surface area contributed by atoms with Gasteiger partial charge >= 0.3 is 17.9 Å². The molecule has 6 atom stereocenters. The molecule has 2 unspecified atom stereocenters. The van der Waals surface area contributed by atoms with Crippen molar-refractivity contribution < 1.29 is 38.8 Å². The molecule has 0 aromatic carbocycles. The van der Waals surface area contributed by atoms with Crippen molar-refractivity contribution >= 4 is 17.9 Å². The van der Waals surface area contributed by atoms with E-state index in [2.05, 4.69) is 0 Å². The van der Waals surface area contributed by atoms with Crippen LogP contribution in [0.4, 0.5) is 0 Å². The monoisotopic (exact) mass is 326 g/mol. The summed E-state index contributed by atoms with van der Waals surface area (Å²) in [5.41, 5.74) is -5.91. The average molecular weight is 326 g/mol. The third-order valence-electron chi connectivity index (χ3n) is 6.22. The van der Waals surface area contributed by atoms with Crippen LogP contribution in [0.2, 0.25) is 0 Å². The Hall–Kier alpha value is -1.67. The van der Waals surface area contributed by atoms with E-state index in [9.17, 15) is 24.6 Å². The molecule has 0 aromatic rings. The van der Waals surface area contributed by atoms with E-state index < -0.39 is 58.3 Å². The van der Waals surface area contributed by atoms with Crippen molar-refractivity contribution in [1.82, 2.24) is 0 Å². The molecule has 23 heavy (non-hydrogen) atoms. The zero-order chi connectivity index (χ0) is 17.0. The first-order valence-electron chi connectivity index (χ1n) is 7.54. The molecule has 0 aromatic heterocycles. The molecule has 8 heteroatoms. The fourth-order valence-corrected chi connectivity index (χ4v) is 5.15. The standard InChI is InChI=1S/C15H18O8/c1-12(2,3)14(20)4-6-13(5-7(16)21-6)10(19)23-11-15(13,14)8(17)9(18)22-11/h6,8,11,17,20H,4-5H2,1-3H3/t6-,8-,11-,13+,14?,15?/m0/s1. The molecule has 4 rings (SSSR count). The summed E-state index contributed by atoms with van der Waals surface area (Å²) in [5, 5.41) is 22.2. The number of aliphatic hydroxyl groups is 2. The van der Waals surface area contributed by atoms with Crippen molar-refractivity contribution in [2.24, 2.45) is 16.2 Å². The third-order valence-corrected chi connectivity index (χ3v) is 6.22. The van der Waals surface area contributed by atoms with E-state index in [4.69, 9.17) is 14.2 Å². The summed E-state index contributed by atoms with van der Waals surface area (Å²) >= 11 is 0. The second-order valence-electron chi connectivity index (χ2n) is 7.89. The summed E-state index contributed by atoms with van der Waals surface area (Å²) in [5.74, 6) is -2.36. The number of esters is 3. The highest BCUT2D eigenvalue weighted by Crippen LogP contribution is 2.75. The number of rotatable bonds is 0. The maximum Gasteiger partial charge on any atom is 0.339 e. The number of ether oxygens (including phenoxy) is 3. The van der Waals surface area contributed by atoms with Gasteiger partial charge < -0.3 is 24.4 Å². The van der Waals surface area contributed by atoms with E-state index in [1.165, 1.54) is 0 Å². The van der Waals surface area contributed by atoms with Crippen LogP contribution in [0.15, 0.2) is 0 Å². The van der Waals surface area contributed by atoms with Gasteiger partial charge in [0, 0.05) is 6.42 Å². The van der Waals surface area contributed by atoms with Crippen LogP contribution in [0, 0.1) is 16.2 Å². The van der Waals surface area contributed by atoms with Crippen LogP contribution in [0.1, 0.15) is 33.6 Å². The second kappa shape index (κ2) is 3.70. The van der Waals surface area contributed by atoms with Crippen molar-refractivity contribution in [3.05, 3.63) is 0 Å². The zero-order valence-corrected chi connectivity index (χ0v) is 13.0. The first kappa shape index (κ1) is 14.9. The van der Waals surface area contributed by atoms with Crippen molar-refractivity contribution in [1.29, 1.82) is 0 Å². The minimum Gasteiger partial charge on any atom is -0.461 e. The van der Waals surface area contributed by atoms with Crippen LogP contribution in [-0.4, -0.2) is 52.2 Å². The van der Waals surface area contributed by atoms with Gasteiger partial charge in [-0.15, -0.1) is 0 Å². The number of aliphatic hydroxyl groups excluding tert-OH is 1. The molecule has 4 fully saturated rings. The normalized spacial score (nSPS) is 51.0. The number of carbonyl (C=O) groups is 3. The van der Waals surface area contributed by atoms with E-state index >= 15 is 0 Å². The van der Waals surface area contributed by atoms with Crippen molar-refractivity contribution in [2.75, 3.05) is 0 Å². The Balaban J connectivity index is 2.05. The Bertz CT molecular complexity index is 650. The molecule has 3 saturated heterocycles. The van der Waals surface area contributed by atoms with Gasteiger partial charge in [0.2, 0.25) is 0 Å². The molecule has 0 amide bonds. The molecular weight excluding hydrogens is 308 g/mol. The van der Waals surface area contributed by atoms with Gasteiger partial charge in [0.05, 0.1) is 12.0 Å². The Morgan fingerprint density at radius 1 is 1.13 bits per heavy atom. The molecule has 1 aliphatic carbocycles. The maximum atomic E-state index is 12.6. The van der Waals surface area contributed by atoms with Crippen LogP contribution >= 0.6 is 0 Å². The van der Waals surface area contributed by atoms with Crippen LogP contribution in [0.3, 0.4) is 0 Å². The van der Waals surface area contributed by atoms with E-state index in [0.717, 1.165) is 0 Å². The number of hydrogen-bond acceptors (Lipinski definition) is 8. The number of hydrogen-bond donors (Lipinski definition) is 2. The quantitative estimate of drug-likeness (QED) is 0.558. The lowest BCUT2D eigenvalue weighted by atomic mass is 9.52. The Kier molecular flexibility index (Phi) is 2.39. The predicted octanol–water partition coefficient (Wildman–Crippen LogP) is -0.744. The fraction of sp³-hybridized carbons (Fsp3) is 0.800. The highest BCUT2D eigenvalue weighted by Gasteiger charge is 2.92. The molecule has 8 nitrogen and oxygen atoms in total. The zero-order valence-electron chi connectivity index (χ0n) is 13.0. The minimum atomic E-state index is -1.78. The van der Waals surface area contributed by atoms with Gasteiger partial charge in [-0.3, -0.25) is 9.59 Å². The van der Waals surface area contributed by atoms with Gasteiger partial charge in [0.15, 0.2) is 6.10 Å². The summed E-state index contributed by atoms with van der Waals surface area (Å²) < 4.78 is 15.5. The summed E-state index contributed by atoms with van der Waals surface area (Å²) in [4.78, 5) is 36.5. The van der Waals surface area contributed by atoms with Gasteiger partial charge in [-0.05, 0) is 5.41 Å². The van der Waals surface area contributed by atoms with Crippen LogP contribution < -0.4 is 0 Å². The molecule has 126 valence electrons. The molecule has 0 radical (unpaired) electrons. The van der Waals surface area contributed by atoms with E-state index in [-0.39, 0.29) is 12.8 Å². The Morgan fingerprint density at radius 2 is 1.78 bits per heavy atom. The van der Waals surface area contributed by atoms with Crippen LogP contribution in [-0.2, 0) is 28.6 Å². The molecule has 2 N–H and O–H groups in total. The molecular formula is C15H18O8. The van der Waals surface area contributed by atoms with Crippen molar-refractivity contribution in [3.63, 3.8) is 0 Å². The molecule has 2 spiro atoms.